The summed E-state index contributed by atoms with van der Waals surface area (Å²) in [5, 5.41) is 111. The van der Waals surface area contributed by atoms with Gasteiger partial charge in [0.1, 0.15) is 54.9 Å². The van der Waals surface area contributed by atoms with Crippen LogP contribution in [0.2, 0.25) is 0 Å². The molecule has 2 heterocycles. The number of carbonyl (C=O) groups excluding carboxylic acids is 3. The number of carboxylic acid groups (broad SMARTS) is 1. The largest absolute Gasteiger partial charge is 0.504 e. The fourth-order valence-corrected chi connectivity index (χ4v) is 6.92. The first kappa shape index (κ1) is 55.8. The van der Waals surface area contributed by atoms with E-state index in [0.717, 1.165) is 17.2 Å². The van der Waals surface area contributed by atoms with E-state index in [1.165, 1.54) is 50.3 Å². The van der Waals surface area contributed by atoms with Gasteiger partial charge in [-0.1, -0.05) is 78.0 Å². The zero-order chi connectivity index (χ0) is 51.2. The zero-order valence-corrected chi connectivity index (χ0v) is 38.1. The molecule has 1 aromatic carbocycles. The Kier molecular flexibility index (Phi) is 20.8. The number of aromatic hydroxyl groups is 2. The van der Waals surface area contributed by atoms with E-state index >= 15 is 0 Å². The van der Waals surface area contributed by atoms with Gasteiger partial charge in [-0.05, 0) is 51.5 Å². The van der Waals surface area contributed by atoms with E-state index in [1.54, 1.807) is 55.5 Å². The molecule has 21 nitrogen and oxygen atoms in total. The minimum atomic E-state index is -2.51. The first-order valence-corrected chi connectivity index (χ1v) is 21.7. The van der Waals surface area contributed by atoms with Gasteiger partial charge in [0, 0.05) is 36.5 Å². The predicted molar refractivity (Wildman–Crippen MR) is 240 cm³/mol. The highest BCUT2D eigenvalue weighted by atomic mass is 16.7. The number of phenols is 2. The molecular weight excluding hydrogens is 913 g/mol. The van der Waals surface area contributed by atoms with E-state index in [0.29, 0.717) is 5.56 Å². The minimum Gasteiger partial charge on any atom is -0.504 e. The van der Waals surface area contributed by atoms with Crippen LogP contribution in [0.3, 0.4) is 0 Å². The van der Waals surface area contributed by atoms with Crippen LogP contribution >= 0.6 is 0 Å². The second-order valence-corrected chi connectivity index (χ2v) is 16.7. The lowest BCUT2D eigenvalue weighted by Gasteiger charge is -2.41. The van der Waals surface area contributed by atoms with Gasteiger partial charge < -0.3 is 84.6 Å². The van der Waals surface area contributed by atoms with Crippen LogP contribution in [-0.2, 0) is 47.6 Å². The number of rotatable bonds is 18. The van der Waals surface area contributed by atoms with E-state index in [4.69, 9.17) is 28.4 Å². The molecule has 3 fully saturated rings. The Morgan fingerprint density at radius 1 is 0.667 bits per heavy atom. The maximum absolute atomic E-state index is 12.9. The van der Waals surface area contributed by atoms with Crippen molar-refractivity contribution in [2.24, 2.45) is 0 Å². The average Bonchev–Trinajstić information content (AvgIpc) is 3.29. The molecule has 21 heteroatoms. The van der Waals surface area contributed by atoms with Crippen LogP contribution in [0.25, 0.3) is 6.08 Å². The summed E-state index contributed by atoms with van der Waals surface area (Å²) in [5.41, 5.74) is -0.419. The van der Waals surface area contributed by atoms with Gasteiger partial charge in [-0.15, -0.1) is 0 Å². The second-order valence-electron chi connectivity index (χ2n) is 16.7. The number of carboxylic acids is 1. The van der Waals surface area contributed by atoms with Gasteiger partial charge in [0.05, 0.1) is 19.3 Å². The first-order chi connectivity index (χ1) is 32.5. The molecule has 69 heavy (non-hydrogen) atoms. The Labute approximate surface area is 396 Å². The van der Waals surface area contributed by atoms with Gasteiger partial charge in [0.2, 0.25) is 6.29 Å². The maximum Gasteiger partial charge on any atom is 0.336 e. The lowest BCUT2D eigenvalue weighted by Crippen LogP contribution is -2.60. The number of benzene rings is 1. The number of hydrogen-bond acceptors (Lipinski definition) is 20. The number of phenolic OH excluding ortho intramolecular Hbond substituents is 2. The van der Waals surface area contributed by atoms with Gasteiger partial charge in [-0.2, -0.15) is 0 Å². The summed E-state index contributed by atoms with van der Waals surface area (Å²) in [6.07, 6.45) is -0.758. The van der Waals surface area contributed by atoms with Crippen molar-refractivity contribution in [3.63, 3.8) is 0 Å². The zero-order valence-electron chi connectivity index (χ0n) is 38.1. The number of aliphatic hydroxyl groups is 8. The van der Waals surface area contributed by atoms with Crippen LogP contribution in [0.4, 0.5) is 0 Å². The van der Waals surface area contributed by atoms with Crippen LogP contribution in [0.15, 0.2) is 107 Å². The van der Waals surface area contributed by atoms with Crippen molar-refractivity contribution in [2.75, 3.05) is 13.2 Å². The Morgan fingerprint density at radius 2 is 1.23 bits per heavy atom. The molecule has 2 saturated heterocycles. The molecule has 7 unspecified atom stereocenters. The highest BCUT2D eigenvalue weighted by Crippen LogP contribution is 2.34. The van der Waals surface area contributed by atoms with Crippen LogP contribution < -0.4 is 0 Å². The van der Waals surface area contributed by atoms with Crippen molar-refractivity contribution in [1.29, 1.82) is 0 Å². The Morgan fingerprint density at radius 3 is 1.80 bits per heavy atom. The molecule has 378 valence electrons. The highest BCUT2D eigenvalue weighted by Gasteiger charge is 2.52. The summed E-state index contributed by atoms with van der Waals surface area (Å²) in [4.78, 5) is 50.2. The summed E-state index contributed by atoms with van der Waals surface area (Å²) in [7, 11) is 0. The Hall–Kier alpha value is -5.82. The van der Waals surface area contributed by atoms with Crippen LogP contribution in [0, 0.1) is 0 Å². The summed E-state index contributed by atoms with van der Waals surface area (Å²) in [6, 6.07) is 3.75. The molecule has 0 spiro atoms. The van der Waals surface area contributed by atoms with Gasteiger partial charge in [0.25, 0.3) is 0 Å². The third kappa shape index (κ3) is 16.1. The van der Waals surface area contributed by atoms with E-state index < -0.39 is 135 Å². The molecule has 4 rings (SSSR count). The molecule has 0 aromatic heterocycles. The third-order valence-corrected chi connectivity index (χ3v) is 11.1. The van der Waals surface area contributed by atoms with Gasteiger partial charge >= 0.3 is 23.9 Å². The number of allylic oxidation sites excluding steroid dienone is 12. The monoisotopic (exact) mass is 972 g/mol. The van der Waals surface area contributed by atoms with Crippen molar-refractivity contribution in [3.8, 4) is 11.5 Å². The third-order valence-electron chi connectivity index (χ3n) is 11.1. The fourth-order valence-electron chi connectivity index (χ4n) is 6.92. The summed E-state index contributed by atoms with van der Waals surface area (Å²) in [6.45, 7) is 5.39. The van der Waals surface area contributed by atoms with Gasteiger partial charge in [-0.25, -0.2) is 19.2 Å². The van der Waals surface area contributed by atoms with E-state index in [9.17, 15) is 75.3 Å². The summed E-state index contributed by atoms with van der Waals surface area (Å²) < 4.78 is 32.2. The van der Waals surface area contributed by atoms with Crippen LogP contribution in [0.1, 0.15) is 52.5 Å². The number of ether oxygens (including phenoxy) is 6. The molecule has 2 aliphatic heterocycles. The predicted octanol–water partition coefficient (Wildman–Crippen LogP) is 0.555. The molecule has 0 bridgehead atoms. The van der Waals surface area contributed by atoms with Crippen molar-refractivity contribution in [2.45, 2.75) is 126 Å². The lowest BCUT2D eigenvalue weighted by molar-refractivity contribution is -0.318. The first-order valence-electron chi connectivity index (χ1n) is 21.7. The standard InChI is InChI=1S/C48H60O21/c1-25(11-7-13-27(3)43(59)66-35-22-48(63,47(61)62)21-34(39(35)55)65-38(54)18-16-29-15-17-30(50)31(51)19-29)9-5-6-10-26(2)12-8-14-28(4)44(60)69-45-33(53)20-32(52)37(68-45)24-64-46-42(58)41(57)40(56)36(23-49)67-46/h5-19,32-37,39-42,45-46,49-53,55-58,63H,20-24H2,1-4H3,(H,61,62)/b6-5+,11-7+,12-8+,18-16+,25-9+,26-10+,27-13+,28-14+/t32-,33-,34+,35-,36?,37?,39+,40?,41?,42?,45?,46?,48-/m0/s1. The van der Waals surface area contributed by atoms with E-state index in [-0.39, 0.29) is 23.3 Å². The molecule has 1 aromatic rings. The van der Waals surface area contributed by atoms with Gasteiger partial charge in [-0.3, -0.25) is 0 Å². The highest BCUT2D eigenvalue weighted by molar-refractivity contribution is 5.89. The summed E-state index contributed by atoms with van der Waals surface area (Å²) in [5.74, 6) is -5.28. The number of hydrogen-bond donors (Lipinski definition) is 11. The van der Waals surface area contributed by atoms with Crippen LogP contribution in [-0.4, -0.2) is 172 Å². The number of aliphatic carboxylic acids is 1. The molecule has 0 radical (unpaired) electrons. The summed E-state index contributed by atoms with van der Waals surface area (Å²) >= 11 is 0. The quantitative estimate of drug-likeness (QED) is 0.0315. The maximum atomic E-state index is 12.9. The Bertz CT molecular complexity index is 2220. The molecule has 3 aliphatic rings. The lowest BCUT2D eigenvalue weighted by atomic mass is 9.79. The smallest absolute Gasteiger partial charge is 0.336 e. The van der Waals surface area contributed by atoms with Crippen LogP contribution in [0.5, 0.6) is 11.5 Å². The van der Waals surface area contributed by atoms with Gasteiger partial charge in [0.15, 0.2) is 23.4 Å². The van der Waals surface area contributed by atoms with Crippen molar-refractivity contribution >= 4 is 30.0 Å². The van der Waals surface area contributed by atoms with Crippen molar-refractivity contribution in [1.82, 2.24) is 0 Å². The minimum absolute atomic E-state index is 0.0642. The van der Waals surface area contributed by atoms with Crippen molar-refractivity contribution < 1.29 is 104 Å². The Balaban J connectivity index is 1.25. The molecule has 0 amide bonds. The van der Waals surface area contributed by atoms with E-state index in [2.05, 4.69) is 0 Å². The fraction of sp³-hybridized carbons (Fsp3) is 0.458. The molecule has 11 N–H and O–H groups in total. The molecular formula is C48H60O21. The molecule has 13 atom stereocenters. The molecule has 1 aliphatic carbocycles. The number of carbonyl (C=O) groups is 4. The van der Waals surface area contributed by atoms with E-state index in [1.807, 2.05) is 6.92 Å². The number of esters is 3. The average molecular weight is 973 g/mol. The second kappa shape index (κ2) is 25.7. The molecule has 1 saturated carbocycles. The SMILES string of the molecule is CC(/C=C/C=C(\C)C(=O)OC1OC(COC2OC(CO)C(O)C(O)C2O)[C@@H](O)C[C@@H]1O)=C\C=C\C=C(C)\C=C\C=C(/C)C(=O)O[C@H]1C[C@](O)(C(=O)O)C[C@@H](OC(=O)/C=C/c2ccc(O)c(O)c2)[C@H]1O. The normalized spacial score (nSPS) is 31.9. The van der Waals surface area contributed by atoms with Crippen molar-refractivity contribution in [3.05, 3.63) is 113 Å². The topological polar surface area (TPSA) is 346 Å². The number of aliphatic hydroxyl groups excluding tert-OH is 7.